The standard InChI is InChI=1S/C23H30N2O3/c1-3-27-21-11-10-19(16-22(21)28-4-2)23(26)24-20-12-14-25(15-13-20)17-18-8-6-5-7-9-18/h5-11,16,20H,3-4,12-15,17H2,1-2H3,(H,24,26). The molecule has 0 unspecified atom stereocenters. The SMILES string of the molecule is CCOc1ccc(C(=O)NC2CCN(Cc3ccccc3)CC2)cc1OCC. The Balaban J connectivity index is 1.53. The average molecular weight is 383 g/mol. The summed E-state index contributed by atoms with van der Waals surface area (Å²) in [5.41, 5.74) is 1.95. The third-order valence-corrected chi connectivity index (χ3v) is 4.98. The maximum atomic E-state index is 12.7. The highest BCUT2D eigenvalue weighted by molar-refractivity contribution is 5.95. The first-order valence-corrected chi connectivity index (χ1v) is 10.2. The van der Waals surface area contributed by atoms with Gasteiger partial charge in [0.1, 0.15) is 0 Å². The third-order valence-electron chi connectivity index (χ3n) is 4.98. The van der Waals surface area contributed by atoms with Crippen LogP contribution in [0.25, 0.3) is 0 Å². The number of rotatable bonds is 8. The molecule has 5 nitrogen and oxygen atoms in total. The molecule has 2 aromatic rings. The van der Waals surface area contributed by atoms with Crippen LogP contribution in [0.1, 0.15) is 42.6 Å². The van der Waals surface area contributed by atoms with Gasteiger partial charge in [-0.25, -0.2) is 0 Å². The summed E-state index contributed by atoms with van der Waals surface area (Å²) in [6, 6.07) is 16.1. The van der Waals surface area contributed by atoms with Gasteiger partial charge in [-0.05, 0) is 50.5 Å². The van der Waals surface area contributed by atoms with Gasteiger partial charge in [-0.3, -0.25) is 9.69 Å². The van der Waals surface area contributed by atoms with Gasteiger partial charge in [0.25, 0.3) is 5.91 Å². The smallest absolute Gasteiger partial charge is 0.251 e. The summed E-state index contributed by atoms with van der Waals surface area (Å²) in [5, 5.41) is 3.18. The van der Waals surface area contributed by atoms with Crippen LogP contribution in [0.3, 0.4) is 0 Å². The molecule has 0 aromatic heterocycles. The fourth-order valence-electron chi connectivity index (χ4n) is 3.54. The molecule has 1 amide bonds. The lowest BCUT2D eigenvalue weighted by Crippen LogP contribution is -2.44. The summed E-state index contributed by atoms with van der Waals surface area (Å²) in [7, 11) is 0. The predicted molar refractivity (Wildman–Crippen MR) is 111 cm³/mol. The Morgan fingerprint density at radius 3 is 2.36 bits per heavy atom. The summed E-state index contributed by atoms with van der Waals surface area (Å²) in [6.07, 6.45) is 1.93. The van der Waals surface area contributed by atoms with Crippen LogP contribution in [-0.4, -0.2) is 43.2 Å². The second-order valence-corrected chi connectivity index (χ2v) is 7.04. The van der Waals surface area contributed by atoms with Gasteiger partial charge in [0.2, 0.25) is 0 Å². The molecular formula is C23H30N2O3. The molecule has 5 heteroatoms. The first kappa shape index (κ1) is 20.2. The van der Waals surface area contributed by atoms with Crippen LogP contribution in [0.15, 0.2) is 48.5 Å². The van der Waals surface area contributed by atoms with E-state index in [2.05, 4.69) is 34.5 Å². The highest BCUT2D eigenvalue weighted by Gasteiger charge is 2.21. The maximum Gasteiger partial charge on any atom is 0.251 e. The zero-order valence-corrected chi connectivity index (χ0v) is 16.8. The van der Waals surface area contributed by atoms with Crippen LogP contribution in [0.5, 0.6) is 11.5 Å². The summed E-state index contributed by atoms with van der Waals surface area (Å²) >= 11 is 0. The van der Waals surface area contributed by atoms with Gasteiger partial charge in [0.05, 0.1) is 13.2 Å². The molecule has 2 aromatic carbocycles. The molecule has 1 aliphatic heterocycles. The van der Waals surface area contributed by atoms with Crippen molar-refractivity contribution >= 4 is 5.91 Å². The fraction of sp³-hybridized carbons (Fsp3) is 0.435. The van der Waals surface area contributed by atoms with E-state index in [0.29, 0.717) is 30.3 Å². The Kier molecular flexibility index (Phi) is 7.31. The van der Waals surface area contributed by atoms with E-state index in [-0.39, 0.29) is 11.9 Å². The maximum absolute atomic E-state index is 12.7. The molecule has 1 N–H and O–H groups in total. The quantitative estimate of drug-likeness (QED) is 0.753. The van der Waals surface area contributed by atoms with Gasteiger partial charge < -0.3 is 14.8 Å². The van der Waals surface area contributed by atoms with Crippen molar-refractivity contribution in [1.82, 2.24) is 10.2 Å². The first-order valence-electron chi connectivity index (χ1n) is 10.2. The van der Waals surface area contributed by atoms with E-state index in [9.17, 15) is 4.79 Å². The lowest BCUT2D eigenvalue weighted by Gasteiger charge is -2.32. The minimum atomic E-state index is -0.0505. The zero-order valence-electron chi connectivity index (χ0n) is 16.8. The number of ether oxygens (including phenoxy) is 2. The van der Waals surface area contributed by atoms with Crippen molar-refractivity contribution in [3.8, 4) is 11.5 Å². The number of carbonyl (C=O) groups is 1. The van der Waals surface area contributed by atoms with Gasteiger partial charge in [-0.2, -0.15) is 0 Å². The van der Waals surface area contributed by atoms with Crippen molar-refractivity contribution in [2.75, 3.05) is 26.3 Å². The molecule has 1 saturated heterocycles. The Hall–Kier alpha value is -2.53. The molecule has 0 atom stereocenters. The Labute approximate surface area is 167 Å². The molecule has 1 aliphatic rings. The topological polar surface area (TPSA) is 50.8 Å². The van der Waals surface area contributed by atoms with Gasteiger partial charge in [0.15, 0.2) is 11.5 Å². The number of carbonyl (C=O) groups excluding carboxylic acids is 1. The molecule has 3 rings (SSSR count). The highest BCUT2D eigenvalue weighted by Crippen LogP contribution is 2.28. The van der Waals surface area contributed by atoms with E-state index in [4.69, 9.17) is 9.47 Å². The Morgan fingerprint density at radius 1 is 1.00 bits per heavy atom. The van der Waals surface area contributed by atoms with Crippen LogP contribution < -0.4 is 14.8 Å². The molecular weight excluding hydrogens is 352 g/mol. The van der Waals surface area contributed by atoms with E-state index in [1.165, 1.54) is 5.56 Å². The molecule has 0 aliphatic carbocycles. The fourth-order valence-corrected chi connectivity index (χ4v) is 3.54. The molecule has 0 spiro atoms. The van der Waals surface area contributed by atoms with E-state index in [1.54, 1.807) is 12.1 Å². The highest BCUT2D eigenvalue weighted by atomic mass is 16.5. The van der Waals surface area contributed by atoms with E-state index < -0.39 is 0 Å². The number of likely N-dealkylation sites (tertiary alicyclic amines) is 1. The number of nitrogens with zero attached hydrogens (tertiary/aromatic N) is 1. The average Bonchev–Trinajstić information content (AvgIpc) is 2.72. The second-order valence-electron chi connectivity index (χ2n) is 7.04. The predicted octanol–water partition coefficient (Wildman–Crippen LogP) is 3.88. The van der Waals surface area contributed by atoms with Crippen LogP contribution >= 0.6 is 0 Å². The van der Waals surface area contributed by atoms with Gasteiger partial charge in [-0.15, -0.1) is 0 Å². The lowest BCUT2D eigenvalue weighted by molar-refractivity contribution is 0.0908. The molecule has 28 heavy (non-hydrogen) atoms. The van der Waals surface area contributed by atoms with Crippen molar-refractivity contribution in [2.45, 2.75) is 39.3 Å². The van der Waals surface area contributed by atoms with E-state index >= 15 is 0 Å². The van der Waals surface area contributed by atoms with Crippen molar-refractivity contribution < 1.29 is 14.3 Å². The van der Waals surface area contributed by atoms with Crippen LogP contribution in [0, 0.1) is 0 Å². The number of piperidine rings is 1. The van der Waals surface area contributed by atoms with Gasteiger partial charge in [-0.1, -0.05) is 30.3 Å². The number of benzene rings is 2. The second kappa shape index (κ2) is 10.1. The van der Waals surface area contributed by atoms with Crippen LogP contribution in [-0.2, 0) is 6.54 Å². The molecule has 0 saturated carbocycles. The lowest BCUT2D eigenvalue weighted by atomic mass is 10.0. The number of hydrogen-bond donors (Lipinski definition) is 1. The minimum Gasteiger partial charge on any atom is -0.490 e. The molecule has 150 valence electrons. The van der Waals surface area contributed by atoms with Gasteiger partial charge in [0, 0.05) is 31.2 Å². The minimum absolute atomic E-state index is 0.0505. The van der Waals surface area contributed by atoms with Crippen molar-refractivity contribution in [1.29, 1.82) is 0 Å². The van der Waals surface area contributed by atoms with Gasteiger partial charge >= 0.3 is 0 Å². The van der Waals surface area contributed by atoms with Crippen LogP contribution in [0.2, 0.25) is 0 Å². The van der Waals surface area contributed by atoms with E-state index in [0.717, 1.165) is 32.5 Å². The van der Waals surface area contributed by atoms with E-state index in [1.807, 2.05) is 26.0 Å². The number of nitrogens with one attached hydrogen (secondary N) is 1. The summed E-state index contributed by atoms with van der Waals surface area (Å²) in [6.45, 7) is 7.91. The van der Waals surface area contributed by atoms with Crippen molar-refractivity contribution in [3.05, 3.63) is 59.7 Å². The summed E-state index contributed by atoms with van der Waals surface area (Å²) < 4.78 is 11.2. The Morgan fingerprint density at radius 2 is 1.68 bits per heavy atom. The first-order chi connectivity index (χ1) is 13.7. The largest absolute Gasteiger partial charge is 0.490 e. The molecule has 1 heterocycles. The number of amides is 1. The Bertz CT molecular complexity index is 756. The van der Waals surface area contributed by atoms with Crippen molar-refractivity contribution in [3.63, 3.8) is 0 Å². The third kappa shape index (κ3) is 5.49. The summed E-state index contributed by atoms with van der Waals surface area (Å²) in [5.74, 6) is 1.25. The molecule has 0 radical (unpaired) electrons. The summed E-state index contributed by atoms with van der Waals surface area (Å²) in [4.78, 5) is 15.1. The molecule has 0 bridgehead atoms. The zero-order chi connectivity index (χ0) is 19.8. The number of hydrogen-bond acceptors (Lipinski definition) is 4. The normalized spacial score (nSPS) is 15.2. The molecule has 1 fully saturated rings. The monoisotopic (exact) mass is 382 g/mol. The van der Waals surface area contributed by atoms with Crippen LogP contribution in [0.4, 0.5) is 0 Å². The van der Waals surface area contributed by atoms with Crippen molar-refractivity contribution in [2.24, 2.45) is 0 Å².